The van der Waals surface area contributed by atoms with Gasteiger partial charge in [-0.15, -0.1) is 11.3 Å². The van der Waals surface area contributed by atoms with Crippen LogP contribution in [0.5, 0.6) is 0 Å². The van der Waals surface area contributed by atoms with Crippen LogP contribution < -0.4 is 11.1 Å². The Labute approximate surface area is 173 Å². The minimum atomic E-state index is -0.284. The summed E-state index contributed by atoms with van der Waals surface area (Å²) in [5.41, 5.74) is 7.84. The number of thiazole rings is 1. The molecular weight excluding hydrogens is 388 g/mol. The molecular formula is C21H24N4O3S. The minimum absolute atomic E-state index is 0.0633. The molecule has 1 aliphatic heterocycles. The SMILES string of the molecule is Cc1ccc(C(=O)Nc2nc3c(s2)CCC3C(=O)N2CCC(C(N)=O)CC2)cc1. The summed E-state index contributed by atoms with van der Waals surface area (Å²) >= 11 is 1.45. The van der Waals surface area contributed by atoms with Crippen LogP contribution in [0, 0.1) is 12.8 Å². The first-order valence-electron chi connectivity index (χ1n) is 9.88. The van der Waals surface area contributed by atoms with E-state index >= 15 is 0 Å². The normalized spacial score (nSPS) is 19.1. The number of anilines is 1. The third-order valence-electron chi connectivity index (χ3n) is 5.76. The molecule has 1 fully saturated rings. The molecule has 1 aromatic carbocycles. The number of hydrogen-bond acceptors (Lipinski definition) is 5. The number of nitrogens with one attached hydrogen (secondary N) is 1. The number of nitrogens with two attached hydrogens (primary N) is 1. The lowest BCUT2D eigenvalue weighted by Gasteiger charge is -2.32. The number of nitrogens with zero attached hydrogens (tertiary/aromatic N) is 2. The van der Waals surface area contributed by atoms with E-state index in [0.717, 1.165) is 29.0 Å². The summed E-state index contributed by atoms with van der Waals surface area (Å²) in [4.78, 5) is 44.3. The zero-order valence-electron chi connectivity index (χ0n) is 16.3. The number of piperidine rings is 1. The highest BCUT2D eigenvalue weighted by molar-refractivity contribution is 7.16. The van der Waals surface area contributed by atoms with Crippen molar-refractivity contribution in [2.75, 3.05) is 18.4 Å². The molecule has 1 atom stereocenters. The molecule has 3 N–H and O–H groups in total. The van der Waals surface area contributed by atoms with Crippen molar-refractivity contribution in [2.45, 2.75) is 38.5 Å². The molecule has 0 spiro atoms. The van der Waals surface area contributed by atoms with E-state index in [-0.39, 0.29) is 29.6 Å². The first-order chi connectivity index (χ1) is 13.9. The fraction of sp³-hybridized carbons (Fsp3) is 0.429. The number of rotatable bonds is 4. The maximum Gasteiger partial charge on any atom is 0.257 e. The molecule has 0 saturated carbocycles. The molecule has 4 rings (SSSR count). The van der Waals surface area contributed by atoms with Crippen molar-refractivity contribution in [3.8, 4) is 0 Å². The van der Waals surface area contributed by atoms with E-state index in [0.29, 0.717) is 36.6 Å². The molecule has 8 heteroatoms. The zero-order valence-corrected chi connectivity index (χ0v) is 17.1. The van der Waals surface area contributed by atoms with Gasteiger partial charge >= 0.3 is 0 Å². The molecule has 1 unspecified atom stereocenters. The summed E-state index contributed by atoms with van der Waals surface area (Å²) in [5.74, 6) is -0.826. The molecule has 152 valence electrons. The van der Waals surface area contributed by atoms with Gasteiger partial charge in [0.1, 0.15) is 0 Å². The minimum Gasteiger partial charge on any atom is -0.369 e. The lowest BCUT2D eigenvalue weighted by molar-refractivity contribution is -0.136. The predicted octanol–water partition coefficient (Wildman–Crippen LogP) is 2.46. The Morgan fingerprint density at radius 1 is 1.14 bits per heavy atom. The van der Waals surface area contributed by atoms with Gasteiger partial charge in [0.05, 0.1) is 11.6 Å². The summed E-state index contributed by atoms with van der Waals surface area (Å²) in [7, 11) is 0. The molecule has 0 radical (unpaired) electrons. The number of benzene rings is 1. The molecule has 2 aliphatic rings. The quantitative estimate of drug-likeness (QED) is 0.805. The number of primary amides is 1. The second kappa shape index (κ2) is 7.94. The highest BCUT2D eigenvalue weighted by Crippen LogP contribution is 2.39. The van der Waals surface area contributed by atoms with Gasteiger partial charge in [-0.1, -0.05) is 17.7 Å². The van der Waals surface area contributed by atoms with E-state index in [9.17, 15) is 14.4 Å². The van der Waals surface area contributed by atoms with Crippen molar-refractivity contribution in [3.63, 3.8) is 0 Å². The largest absolute Gasteiger partial charge is 0.369 e. The second-order valence-electron chi connectivity index (χ2n) is 7.74. The van der Waals surface area contributed by atoms with E-state index in [1.54, 1.807) is 12.1 Å². The van der Waals surface area contributed by atoms with Crippen molar-refractivity contribution < 1.29 is 14.4 Å². The molecule has 2 aromatic rings. The number of carbonyl (C=O) groups is 3. The molecule has 2 heterocycles. The summed E-state index contributed by atoms with van der Waals surface area (Å²) < 4.78 is 0. The number of amides is 3. The van der Waals surface area contributed by atoms with Gasteiger partial charge in [0.2, 0.25) is 11.8 Å². The highest BCUT2D eigenvalue weighted by Gasteiger charge is 2.37. The monoisotopic (exact) mass is 412 g/mol. The maximum absolute atomic E-state index is 13.0. The van der Waals surface area contributed by atoms with Crippen LogP contribution in [0.15, 0.2) is 24.3 Å². The molecule has 29 heavy (non-hydrogen) atoms. The van der Waals surface area contributed by atoms with Crippen LogP contribution in [0.2, 0.25) is 0 Å². The number of likely N-dealkylation sites (tertiary alicyclic amines) is 1. The van der Waals surface area contributed by atoms with Crippen LogP contribution in [0.3, 0.4) is 0 Å². The molecule has 7 nitrogen and oxygen atoms in total. The molecule has 3 amide bonds. The second-order valence-corrected chi connectivity index (χ2v) is 8.82. The van der Waals surface area contributed by atoms with Gasteiger partial charge in [0, 0.05) is 29.4 Å². The third-order valence-corrected chi connectivity index (χ3v) is 6.81. The van der Waals surface area contributed by atoms with Gasteiger partial charge in [-0.25, -0.2) is 4.98 Å². The number of fused-ring (bicyclic) bond motifs is 1. The Hall–Kier alpha value is -2.74. The van der Waals surface area contributed by atoms with Crippen LogP contribution >= 0.6 is 11.3 Å². The molecule has 0 bridgehead atoms. The first kappa shape index (κ1) is 19.6. The molecule has 1 aliphatic carbocycles. The molecule has 1 saturated heterocycles. The van der Waals surface area contributed by atoms with Crippen LogP contribution in [0.4, 0.5) is 5.13 Å². The Morgan fingerprint density at radius 3 is 2.48 bits per heavy atom. The van der Waals surface area contributed by atoms with E-state index in [1.165, 1.54) is 11.3 Å². The average Bonchev–Trinajstić information content (AvgIpc) is 3.28. The van der Waals surface area contributed by atoms with E-state index in [4.69, 9.17) is 5.73 Å². The standard InChI is InChI=1S/C21H24N4O3S/c1-12-2-4-14(5-3-12)19(27)24-21-23-17-15(6-7-16(17)29-21)20(28)25-10-8-13(9-11-25)18(22)26/h2-5,13,15H,6-11H2,1H3,(H2,22,26)(H,23,24,27). The maximum atomic E-state index is 13.0. The van der Waals surface area contributed by atoms with Gasteiger partial charge in [-0.2, -0.15) is 0 Å². The number of carbonyl (C=O) groups excluding carboxylic acids is 3. The van der Waals surface area contributed by atoms with Gasteiger partial charge in [-0.05, 0) is 44.7 Å². The van der Waals surface area contributed by atoms with E-state index < -0.39 is 0 Å². The van der Waals surface area contributed by atoms with E-state index in [2.05, 4.69) is 10.3 Å². The van der Waals surface area contributed by atoms with Crippen LogP contribution in [-0.2, 0) is 16.0 Å². The smallest absolute Gasteiger partial charge is 0.257 e. The average molecular weight is 413 g/mol. The lowest BCUT2D eigenvalue weighted by atomic mass is 9.95. The van der Waals surface area contributed by atoms with Crippen LogP contribution in [0.1, 0.15) is 51.7 Å². The Kier molecular flexibility index (Phi) is 5.36. The Balaban J connectivity index is 1.42. The van der Waals surface area contributed by atoms with Crippen LogP contribution in [0.25, 0.3) is 0 Å². The highest BCUT2D eigenvalue weighted by atomic mass is 32.1. The number of aromatic nitrogens is 1. The predicted molar refractivity (Wildman–Crippen MR) is 111 cm³/mol. The Morgan fingerprint density at radius 2 is 1.83 bits per heavy atom. The third kappa shape index (κ3) is 4.03. The van der Waals surface area contributed by atoms with Gasteiger partial charge < -0.3 is 10.6 Å². The van der Waals surface area contributed by atoms with Crippen molar-refractivity contribution >= 4 is 34.2 Å². The summed E-state index contributed by atoms with van der Waals surface area (Å²) in [6.45, 7) is 3.08. The number of hydrogen-bond donors (Lipinski definition) is 2. The van der Waals surface area contributed by atoms with E-state index in [1.807, 2.05) is 24.0 Å². The Bertz CT molecular complexity index is 945. The fourth-order valence-electron chi connectivity index (χ4n) is 4.00. The summed E-state index contributed by atoms with van der Waals surface area (Å²) in [6.07, 6.45) is 2.78. The first-order valence-corrected chi connectivity index (χ1v) is 10.7. The topological polar surface area (TPSA) is 105 Å². The summed E-state index contributed by atoms with van der Waals surface area (Å²) in [6, 6.07) is 7.36. The van der Waals surface area contributed by atoms with Crippen LogP contribution in [-0.4, -0.2) is 40.7 Å². The fourth-order valence-corrected chi connectivity index (χ4v) is 5.03. The van der Waals surface area contributed by atoms with Crippen molar-refractivity contribution in [3.05, 3.63) is 46.0 Å². The molecule has 1 aromatic heterocycles. The van der Waals surface area contributed by atoms with Crippen molar-refractivity contribution in [2.24, 2.45) is 11.7 Å². The van der Waals surface area contributed by atoms with Gasteiger partial charge in [0.25, 0.3) is 5.91 Å². The zero-order chi connectivity index (χ0) is 20.5. The van der Waals surface area contributed by atoms with Gasteiger partial charge in [-0.3, -0.25) is 19.7 Å². The number of aryl methyl sites for hydroxylation is 2. The lowest BCUT2D eigenvalue weighted by Crippen LogP contribution is -2.43. The summed E-state index contributed by atoms with van der Waals surface area (Å²) in [5, 5.41) is 3.39. The van der Waals surface area contributed by atoms with Gasteiger partial charge in [0.15, 0.2) is 5.13 Å². The van der Waals surface area contributed by atoms with Crippen molar-refractivity contribution in [1.82, 2.24) is 9.88 Å². The van der Waals surface area contributed by atoms with Crippen molar-refractivity contribution in [1.29, 1.82) is 0 Å².